The molecule has 0 aliphatic heterocycles. The Labute approximate surface area is 96.6 Å². The van der Waals surface area contributed by atoms with Gasteiger partial charge in [0, 0.05) is 12.8 Å². The lowest BCUT2D eigenvalue weighted by atomic mass is 9.90. The highest BCUT2D eigenvalue weighted by Gasteiger charge is 2.52. The van der Waals surface area contributed by atoms with E-state index >= 15 is 0 Å². The van der Waals surface area contributed by atoms with E-state index in [0.717, 1.165) is 10.9 Å². The SMILES string of the molecule is CC(C)(C)n1ncc2c1C(F)(F)CCC2(F)F. The zero-order chi connectivity index (χ0) is 13.1. The Morgan fingerprint density at radius 2 is 1.65 bits per heavy atom. The van der Waals surface area contributed by atoms with Crippen molar-refractivity contribution in [3.63, 3.8) is 0 Å². The minimum absolute atomic E-state index is 0.635. The monoisotopic (exact) mass is 250 g/mol. The lowest BCUT2D eigenvalue weighted by Gasteiger charge is -2.32. The molecule has 0 unspecified atom stereocenters. The second-order valence-corrected chi connectivity index (χ2v) is 5.40. The highest BCUT2D eigenvalue weighted by atomic mass is 19.3. The minimum Gasteiger partial charge on any atom is -0.258 e. The van der Waals surface area contributed by atoms with Gasteiger partial charge < -0.3 is 0 Å². The molecule has 1 aliphatic rings. The van der Waals surface area contributed by atoms with Crippen molar-refractivity contribution >= 4 is 0 Å². The first kappa shape index (κ1) is 12.4. The summed E-state index contributed by atoms with van der Waals surface area (Å²) < 4.78 is 55.7. The van der Waals surface area contributed by atoms with E-state index in [1.807, 2.05) is 0 Å². The van der Waals surface area contributed by atoms with E-state index in [0.29, 0.717) is 0 Å². The molecule has 0 saturated heterocycles. The van der Waals surface area contributed by atoms with Gasteiger partial charge in [0.25, 0.3) is 11.8 Å². The summed E-state index contributed by atoms with van der Waals surface area (Å²) in [5, 5.41) is 3.72. The van der Waals surface area contributed by atoms with Crippen LogP contribution in [0.4, 0.5) is 17.6 Å². The zero-order valence-corrected chi connectivity index (χ0v) is 9.90. The molecule has 0 spiro atoms. The van der Waals surface area contributed by atoms with Crippen LogP contribution in [0.2, 0.25) is 0 Å². The molecule has 0 fully saturated rings. The number of hydrogen-bond donors (Lipinski definition) is 0. The minimum atomic E-state index is -3.24. The Kier molecular flexibility index (Phi) is 2.36. The highest BCUT2D eigenvalue weighted by Crippen LogP contribution is 2.50. The lowest BCUT2D eigenvalue weighted by molar-refractivity contribution is -0.102. The van der Waals surface area contributed by atoms with Crippen LogP contribution in [0.25, 0.3) is 0 Å². The number of aromatic nitrogens is 2. The quantitative estimate of drug-likeness (QED) is 0.643. The van der Waals surface area contributed by atoms with Gasteiger partial charge in [0.2, 0.25) is 0 Å². The summed E-state index contributed by atoms with van der Waals surface area (Å²) in [6.45, 7) is 4.97. The van der Waals surface area contributed by atoms with Crippen LogP contribution < -0.4 is 0 Å². The van der Waals surface area contributed by atoms with Crippen LogP contribution in [0.1, 0.15) is 44.9 Å². The molecule has 0 bridgehead atoms. The van der Waals surface area contributed by atoms with E-state index in [4.69, 9.17) is 0 Å². The smallest absolute Gasteiger partial charge is 0.258 e. The molecule has 0 aromatic carbocycles. The second-order valence-electron chi connectivity index (χ2n) is 5.40. The van der Waals surface area contributed by atoms with E-state index < -0.39 is 41.5 Å². The molecular weight excluding hydrogens is 236 g/mol. The molecule has 2 rings (SSSR count). The first-order valence-corrected chi connectivity index (χ1v) is 5.41. The van der Waals surface area contributed by atoms with Crippen LogP contribution in [0.15, 0.2) is 6.20 Å². The van der Waals surface area contributed by atoms with E-state index in [9.17, 15) is 17.6 Å². The molecule has 2 nitrogen and oxygen atoms in total. The number of fused-ring (bicyclic) bond motifs is 1. The predicted octanol–water partition coefficient (Wildman–Crippen LogP) is 3.62. The van der Waals surface area contributed by atoms with Gasteiger partial charge in [-0.25, -0.2) is 8.78 Å². The molecule has 0 N–H and O–H groups in total. The standard InChI is InChI=1S/C11H14F4N2/c1-9(2,3)17-8-7(6-16-17)10(12,13)4-5-11(8,14)15/h6H,4-5H2,1-3H3. The van der Waals surface area contributed by atoms with Crippen molar-refractivity contribution in [3.05, 3.63) is 17.5 Å². The topological polar surface area (TPSA) is 17.8 Å². The summed E-state index contributed by atoms with van der Waals surface area (Å²) >= 11 is 0. The van der Waals surface area contributed by atoms with Crippen LogP contribution in [0.3, 0.4) is 0 Å². The number of nitrogens with zero attached hydrogens (tertiary/aromatic N) is 2. The van der Waals surface area contributed by atoms with Crippen molar-refractivity contribution in [2.24, 2.45) is 0 Å². The molecule has 0 radical (unpaired) electrons. The van der Waals surface area contributed by atoms with Crippen LogP contribution in [-0.2, 0) is 17.4 Å². The first-order chi connectivity index (χ1) is 7.56. The molecular formula is C11H14F4N2. The molecule has 1 aromatic rings. The Balaban J connectivity index is 2.68. The molecule has 96 valence electrons. The molecule has 1 heterocycles. The third-order valence-corrected chi connectivity index (χ3v) is 2.90. The molecule has 0 saturated carbocycles. The van der Waals surface area contributed by atoms with Gasteiger partial charge in [0.05, 0.1) is 17.3 Å². The summed E-state index contributed by atoms with van der Waals surface area (Å²) in [7, 11) is 0. The maximum atomic E-state index is 13.8. The van der Waals surface area contributed by atoms with E-state index in [2.05, 4.69) is 5.10 Å². The predicted molar refractivity (Wildman–Crippen MR) is 54.2 cm³/mol. The Hall–Kier alpha value is -1.07. The molecule has 6 heteroatoms. The second kappa shape index (κ2) is 3.23. The van der Waals surface area contributed by atoms with Gasteiger partial charge in [0.15, 0.2) is 0 Å². The number of alkyl halides is 4. The Morgan fingerprint density at radius 3 is 2.18 bits per heavy atom. The van der Waals surface area contributed by atoms with Gasteiger partial charge in [-0.15, -0.1) is 0 Å². The number of rotatable bonds is 0. The summed E-state index contributed by atoms with van der Waals surface area (Å²) in [6, 6.07) is 0. The molecule has 1 aromatic heterocycles. The fourth-order valence-corrected chi connectivity index (χ4v) is 2.04. The number of halogens is 4. The largest absolute Gasteiger partial charge is 0.290 e. The van der Waals surface area contributed by atoms with Crippen molar-refractivity contribution < 1.29 is 17.6 Å². The fraction of sp³-hybridized carbons (Fsp3) is 0.727. The van der Waals surface area contributed by atoms with Crippen molar-refractivity contribution in [1.82, 2.24) is 9.78 Å². The average molecular weight is 250 g/mol. The van der Waals surface area contributed by atoms with Crippen LogP contribution in [0.5, 0.6) is 0 Å². The summed E-state index contributed by atoms with van der Waals surface area (Å²) in [5.41, 5.74) is -2.02. The van der Waals surface area contributed by atoms with Gasteiger partial charge in [-0.3, -0.25) is 4.68 Å². The highest BCUT2D eigenvalue weighted by molar-refractivity contribution is 5.31. The molecule has 1 aliphatic carbocycles. The van der Waals surface area contributed by atoms with E-state index in [1.165, 1.54) is 0 Å². The van der Waals surface area contributed by atoms with Gasteiger partial charge in [-0.05, 0) is 20.8 Å². The van der Waals surface area contributed by atoms with Crippen LogP contribution >= 0.6 is 0 Å². The summed E-state index contributed by atoms with van der Waals surface area (Å²) in [6.07, 6.45) is -0.800. The third-order valence-electron chi connectivity index (χ3n) is 2.90. The van der Waals surface area contributed by atoms with Crippen LogP contribution in [-0.4, -0.2) is 9.78 Å². The van der Waals surface area contributed by atoms with Gasteiger partial charge in [0.1, 0.15) is 5.69 Å². The third kappa shape index (κ3) is 1.83. The molecule has 17 heavy (non-hydrogen) atoms. The van der Waals surface area contributed by atoms with Crippen molar-refractivity contribution in [2.45, 2.75) is 51.0 Å². The Bertz CT molecular complexity index is 429. The van der Waals surface area contributed by atoms with E-state index in [1.54, 1.807) is 20.8 Å². The molecule has 0 amide bonds. The molecule has 0 atom stereocenters. The fourth-order valence-electron chi connectivity index (χ4n) is 2.04. The van der Waals surface area contributed by atoms with Crippen molar-refractivity contribution in [1.29, 1.82) is 0 Å². The summed E-state index contributed by atoms with van der Waals surface area (Å²) in [5.74, 6) is -6.44. The van der Waals surface area contributed by atoms with Crippen molar-refractivity contribution in [3.8, 4) is 0 Å². The summed E-state index contributed by atoms with van der Waals surface area (Å²) in [4.78, 5) is 0. The van der Waals surface area contributed by atoms with Crippen LogP contribution in [0, 0.1) is 0 Å². The average Bonchev–Trinajstić information content (AvgIpc) is 2.58. The van der Waals surface area contributed by atoms with Gasteiger partial charge in [-0.1, -0.05) is 0 Å². The Morgan fingerprint density at radius 1 is 1.12 bits per heavy atom. The normalized spacial score (nSPS) is 22.3. The van der Waals surface area contributed by atoms with Gasteiger partial charge >= 0.3 is 0 Å². The van der Waals surface area contributed by atoms with E-state index in [-0.39, 0.29) is 0 Å². The first-order valence-electron chi connectivity index (χ1n) is 5.41. The maximum Gasteiger partial charge on any atom is 0.290 e. The van der Waals surface area contributed by atoms with Crippen molar-refractivity contribution in [2.75, 3.05) is 0 Å². The zero-order valence-electron chi connectivity index (χ0n) is 9.90. The number of hydrogen-bond acceptors (Lipinski definition) is 1. The van der Waals surface area contributed by atoms with Gasteiger partial charge in [-0.2, -0.15) is 13.9 Å². The maximum absolute atomic E-state index is 13.8. The lowest BCUT2D eigenvalue weighted by Crippen LogP contribution is -2.36.